The number of carbonyl (C=O) groups excluding carboxylic acids is 1. The Morgan fingerprint density at radius 3 is 2.67 bits per heavy atom. The van der Waals surface area contributed by atoms with Crippen molar-refractivity contribution in [3.63, 3.8) is 0 Å². The zero-order valence-electron chi connectivity index (χ0n) is 7.49. The predicted molar refractivity (Wildman–Crippen MR) is 55.4 cm³/mol. The third-order valence-electron chi connectivity index (χ3n) is 1.39. The Morgan fingerprint density at radius 2 is 2.27 bits per heavy atom. The molecule has 0 aliphatic heterocycles. The molecule has 1 rings (SSSR count). The number of hydrogen-bond donors (Lipinski definition) is 0. The highest BCUT2D eigenvalue weighted by molar-refractivity contribution is 9.10. The van der Waals surface area contributed by atoms with Gasteiger partial charge in [-0.1, -0.05) is 0 Å². The molecule has 8 heteroatoms. The van der Waals surface area contributed by atoms with E-state index in [9.17, 15) is 13.2 Å². The van der Waals surface area contributed by atoms with E-state index in [1.54, 1.807) is 6.92 Å². The molecule has 0 aliphatic rings. The topological polar surface area (TPSA) is 73.6 Å². The van der Waals surface area contributed by atoms with Crippen LogP contribution in [0.2, 0.25) is 0 Å². The highest BCUT2D eigenvalue weighted by Crippen LogP contribution is 2.28. The van der Waals surface area contributed by atoms with Crippen molar-refractivity contribution >= 4 is 41.6 Å². The lowest BCUT2D eigenvalue weighted by molar-refractivity contribution is 0.0488. The largest absolute Gasteiger partial charge is 0.460 e. The van der Waals surface area contributed by atoms with Crippen LogP contribution in [-0.2, 0) is 13.8 Å². The summed E-state index contributed by atoms with van der Waals surface area (Å²) >= 11 is 2.83. The first-order valence-corrected chi connectivity index (χ1v) is 6.87. The van der Waals surface area contributed by atoms with E-state index in [4.69, 9.17) is 15.1 Å². The van der Waals surface area contributed by atoms with E-state index in [1.807, 2.05) is 0 Å². The summed E-state index contributed by atoms with van der Waals surface area (Å²) in [7, 11) is 1.15. The van der Waals surface area contributed by atoms with E-state index in [0.29, 0.717) is 0 Å². The third-order valence-corrected chi connectivity index (χ3v) is 3.57. The molecule has 15 heavy (non-hydrogen) atoms. The van der Waals surface area contributed by atoms with Crippen LogP contribution in [0.15, 0.2) is 20.0 Å². The molecule has 0 spiro atoms. The average molecular weight is 318 g/mol. The lowest BCUT2D eigenvalue weighted by Gasteiger charge is -1.95. The van der Waals surface area contributed by atoms with Crippen molar-refractivity contribution in [1.29, 1.82) is 0 Å². The maximum Gasteiger partial charge on any atom is 0.374 e. The van der Waals surface area contributed by atoms with Crippen molar-refractivity contribution < 1.29 is 22.4 Å². The normalized spacial score (nSPS) is 11.4. The number of halogens is 2. The zero-order chi connectivity index (χ0) is 11.6. The molecule has 84 valence electrons. The highest BCUT2D eigenvalue weighted by atomic mass is 79.9. The van der Waals surface area contributed by atoms with E-state index in [1.165, 1.54) is 0 Å². The first-order valence-electron chi connectivity index (χ1n) is 3.77. The number of carbonyl (C=O) groups is 1. The van der Waals surface area contributed by atoms with Crippen molar-refractivity contribution in [3.8, 4) is 0 Å². The molecule has 0 radical (unpaired) electrons. The lowest BCUT2D eigenvalue weighted by atomic mass is 10.4. The van der Waals surface area contributed by atoms with E-state index >= 15 is 0 Å². The number of esters is 1. The molecule has 0 amide bonds. The highest BCUT2D eigenvalue weighted by Gasteiger charge is 2.23. The van der Waals surface area contributed by atoms with Crippen LogP contribution in [0, 0.1) is 0 Å². The van der Waals surface area contributed by atoms with Gasteiger partial charge in [-0.2, -0.15) is 0 Å². The molecule has 5 nitrogen and oxygen atoms in total. The minimum absolute atomic E-state index is 0.124. The number of hydrogen-bond acceptors (Lipinski definition) is 5. The van der Waals surface area contributed by atoms with Gasteiger partial charge in [-0.25, -0.2) is 13.2 Å². The first kappa shape index (κ1) is 12.5. The Bertz CT molecular complexity index is 478. The predicted octanol–water partition coefficient (Wildman–Crippen LogP) is 2.15. The summed E-state index contributed by atoms with van der Waals surface area (Å²) in [6.45, 7) is 1.79. The van der Waals surface area contributed by atoms with Crippen LogP contribution in [0.1, 0.15) is 17.5 Å². The van der Waals surface area contributed by atoms with E-state index < -0.39 is 15.0 Å². The maximum atomic E-state index is 11.2. The Kier molecular flexibility index (Phi) is 3.80. The number of furan rings is 1. The summed E-state index contributed by atoms with van der Waals surface area (Å²) in [5.41, 5.74) is 0. The molecule has 0 aromatic carbocycles. The molecule has 0 fully saturated rings. The van der Waals surface area contributed by atoms with Gasteiger partial charge in [-0.05, 0) is 22.9 Å². The molecule has 0 bridgehead atoms. The van der Waals surface area contributed by atoms with Crippen LogP contribution >= 0.6 is 26.6 Å². The summed E-state index contributed by atoms with van der Waals surface area (Å²) < 4.78 is 31.3. The second-order valence-electron chi connectivity index (χ2n) is 2.41. The average Bonchev–Trinajstić information content (AvgIpc) is 2.47. The lowest BCUT2D eigenvalue weighted by Crippen LogP contribution is -2.02. The molecule has 0 saturated heterocycles. The van der Waals surface area contributed by atoms with Crippen molar-refractivity contribution in [3.05, 3.63) is 16.5 Å². The van der Waals surface area contributed by atoms with Gasteiger partial charge in [0.2, 0.25) is 5.76 Å². The fraction of sp³-hybridized carbons (Fsp3) is 0.286. The molecule has 0 saturated carbocycles. The van der Waals surface area contributed by atoms with Crippen LogP contribution in [0.3, 0.4) is 0 Å². The molecule has 1 aromatic heterocycles. The Hall–Kier alpha value is -0.530. The van der Waals surface area contributed by atoms with E-state index in [2.05, 4.69) is 20.7 Å². The van der Waals surface area contributed by atoms with Crippen LogP contribution in [0.25, 0.3) is 0 Å². The smallest absolute Gasteiger partial charge is 0.374 e. The second kappa shape index (κ2) is 4.54. The van der Waals surface area contributed by atoms with Gasteiger partial charge in [0.25, 0.3) is 9.05 Å². The fourth-order valence-electron chi connectivity index (χ4n) is 0.821. The fourth-order valence-corrected chi connectivity index (χ4v) is 2.85. The van der Waals surface area contributed by atoms with Crippen LogP contribution in [-0.4, -0.2) is 21.0 Å². The summed E-state index contributed by atoms with van der Waals surface area (Å²) in [4.78, 5) is 10.9. The van der Waals surface area contributed by atoms with Gasteiger partial charge in [0.1, 0.15) is 4.90 Å². The van der Waals surface area contributed by atoms with Gasteiger partial charge in [-0.3, -0.25) is 0 Å². The Morgan fingerprint density at radius 1 is 1.67 bits per heavy atom. The van der Waals surface area contributed by atoms with Crippen LogP contribution in [0.5, 0.6) is 0 Å². The van der Waals surface area contributed by atoms with E-state index in [-0.39, 0.29) is 21.9 Å². The van der Waals surface area contributed by atoms with Crippen molar-refractivity contribution in [2.24, 2.45) is 0 Å². The van der Waals surface area contributed by atoms with Gasteiger partial charge in [-0.15, -0.1) is 0 Å². The summed E-state index contributed by atoms with van der Waals surface area (Å²) in [6, 6.07) is 1.00. The molecule has 0 atom stereocenters. The summed E-state index contributed by atoms with van der Waals surface area (Å²) in [6.07, 6.45) is 0. The van der Waals surface area contributed by atoms with Gasteiger partial charge in [0, 0.05) is 16.7 Å². The second-order valence-corrected chi connectivity index (χ2v) is 5.66. The van der Waals surface area contributed by atoms with Crippen LogP contribution in [0.4, 0.5) is 0 Å². The van der Waals surface area contributed by atoms with Crippen LogP contribution < -0.4 is 0 Å². The molecule has 1 heterocycles. The molecule has 1 aromatic rings. The number of rotatable bonds is 3. The quantitative estimate of drug-likeness (QED) is 0.631. The third kappa shape index (κ3) is 2.96. The summed E-state index contributed by atoms with van der Waals surface area (Å²) in [5, 5.41) is 0. The van der Waals surface area contributed by atoms with Gasteiger partial charge < -0.3 is 9.15 Å². The van der Waals surface area contributed by atoms with Crippen molar-refractivity contribution in [1.82, 2.24) is 0 Å². The van der Waals surface area contributed by atoms with Gasteiger partial charge in [0.15, 0.2) is 4.67 Å². The maximum absolute atomic E-state index is 11.2. The Labute approximate surface area is 98.9 Å². The molecule has 0 aliphatic carbocycles. The molecule has 0 N–H and O–H groups in total. The molecular formula is C7H6BrClO5S. The molecular weight excluding hydrogens is 311 g/mol. The molecule has 0 unspecified atom stereocenters. The summed E-state index contributed by atoms with van der Waals surface area (Å²) in [5.74, 6) is -0.965. The monoisotopic (exact) mass is 316 g/mol. The van der Waals surface area contributed by atoms with Crippen molar-refractivity contribution in [2.75, 3.05) is 6.61 Å². The minimum atomic E-state index is -3.94. The SMILES string of the molecule is CCOC(=O)c1cc(S(=O)(=O)Cl)c(Br)o1. The zero-order valence-corrected chi connectivity index (χ0v) is 10.6. The van der Waals surface area contributed by atoms with Gasteiger partial charge >= 0.3 is 5.97 Å². The Balaban J connectivity index is 3.12. The van der Waals surface area contributed by atoms with Crippen molar-refractivity contribution in [2.45, 2.75) is 11.8 Å². The van der Waals surface area contributed by atoms with E-state index in [0.717, 1.165) is 6.07 Å². The first-order chi connectivity index (χ1) is 6.86. The standard InChI is InChI=1S/C7H6BrClO5S/c1-2-13-7(10)4-3-5(6(8)14-4)15(9,11)12/h3H,2H2,1H3. The minimum Gasteiger partial charge on any atom is -0.460 e. The number of ether oxygens (including phenoxy) is 1. The van der Waals surface area contributed by atoms with Gasteiger partial charge in [0.05, 0.1) is 6.61 Å².